The zero-order chi connectivity index (χ0) is 16.4. The molecule has 0 aliphatic heterocycles. The summed E-state index contributed by atoms with van der Waals surface area (Å²) in [6, 6.07) is 8.04. The van der Waals surface area contributed by atoms with Gasteiger partial charge in [-0.05, 0) is 24.3 Å². The predicted molar refractivity (Wildman–Crippen MR) is 88.7 cm³/mol. The maximum Gasteiger partial charge on any atom is 0.234 e. The van der Waals surface area contributed by atoms with Crippen LogP contribution in [0.5, 0.6) is 0 Å². The second-order valence-electron chi connectivity index (χ2n) is 6.85. The van der Waals surface area contributed by atoms with Gasteiger partial charge in [0.25, 0.3) is 0 Å². The first kappa shape index (κ1) is 13.9. The first-order valence-corrected chi connectivity index (χ1v) is 7.49. The molecule has 2 aromatic heterocycles. The van der Waals surface area contributed by atoms with Gasteiger partial charge in [-0.25, -0.2) is 9.37 Å². The van der Waals surface area contributed by atoms with E-state index in [1.807, 2.05) is 6.07 Å². The summed E-state index contributed by atoms with van der Waals surface area (Å²) in [6.07, 6.45) is 1.43. The van der Waals surface area contributed by atoms with Gasteiger partial charge in [0.2, 0.25) is 5.52 Å². The number of imidazole rings is 1. The van der Waals surface area contributed by atoms with Crippen LogP contribution >= 0.6 is 0 Å². The normalized spacial score (nSPS) is 12.5. The Hall–Kier alpha value is -2.69. The number of hydrogen-bond donors (Lipinski definition) is 1. The van der Waals surface area contributed by atoms with E-state index in [0.717, 1.165) is 32.4 Å². The molecule has 23 heavy (non-hydrogen) atoms. The van der Waals surface area contributed by atoms with Gasteiger partial charge in [0.15, 0.2) is 6.20 Å². The summed E-state index contributed by atoms with van der Waals surface area (Å²) in [5.41, 5.74) is 1.89. The standard InChI is InChI=1S/C18H16FN3O/c1-18(2,3)17-20-14-11-7-6-10(19)9-13(11)16-12(15(14)21-17)5-4-8-22(16)23/h4-9H,1-3H3,(H,20,21). The van der Waals surface area contributed by atoms with E-state index in [9.17, 15) is 9.60 Å². The minimum atomic E-state index is -0.367. The molecule has 4 nitrogen and oxygen atoms in total. The van der Waals surface area contributed by atoms with Gasteiger partial charge in [-0.3, -0.25) is 0 Å². The summed E-state index contributed by atoms with van der Waals surface area (Å²) in [4.78, 5) is 8.09. The highest BCUT2D eigenvalue weighted by atomic mass is 19.1. The lowest BCUT2D eigenvalue weighted by Crippen LogP contribution is -2.26. The Bertz CT molecular complexity index is 1080. The van der Waals surface area contributed by atoms with Gasteiger partial charge in [0.05, 0.1) is 21.8 Å². The summed E-state index contributed by atoms with van der Waals surface area (Å²) in [5, 5.41) is 14.4. The maximum atomic E-state index is 13.8. The molecule has 1 N–H and O–H groups in total. The third kappa shape index (κ3) is 1.96. The molecule has 0 radical (unpaired) electrons. The number of fused-ring (bicyclic) bond motifs is 6. The Labute approximate surface area is 132 Å². The Morgan fingerprint density at radius 2 is 1.91 bits per heavy atom. The monoisotopic (exact) mass is 309 g/mol. The van der Waals surface area contributed by atoms with Crippen molar-refractivity contribution in [2.24, 2.45) is 0 Å². The summed E-state index contributed by atoms with van der Waals surface area (Å²) < 4.78 is 14.5. The molecule has 4 aromatic rings. The summed E-state index contributed by atoms with van der Waals surface area (Å²) >= 11 is 0. The molecular weight excluding hydrogens is 293 g/mol. The number of halogens is 1. The van der Waals surface area contributed by atoms with Crippen LogP contribution in [0.15, 0.2) is 36.5 Å². The molecule has 0 aliphatic carbocycles. The molecular formula is C18H16FN3O. The fraction of sp³-hybridized carbons (Fsp3) is 0.222. The number of hydrogen-bond acceptors (Lipinski definition) is 2. The third-order valence-corrected chi connectivity index (χ3v) is 4.14. The van der Waals surface area contributed by atoms with E-state index < -0.39 is 0 Å². The molecule has 0 saturated carbocycles. The van der Waals surface area contributed by atoms with Gasteiger partial charge >= 0.3 is 0 Å². The van der Waals surface area contributed by atoms with E-state index >= 15 is 0 Å². The number of pyridine rings is 1. The fourth-order valence-corrected chi connectivity index (χ4v) is 2.99. The molecule has 2 heterocycles. The molecule has 0 spiro atoms. The lowest BCUT2D eigenvalue weighted by Gasteiger charge is -2.13. The maximum absolute atomic E-state index is 13.8. The van der Waals surface area contributed by atoms with E-state index in [-0.39, 0.29) is 11.2 Å². The van der Waals surface area contributed by atoms with Crippen molar-refractivity contribution in [2.75, 3.05) is 0 Å². The highest BCUT2D eigenvalue weighted by Gasteiger charge is 2.23. The summed E-state index contributed by atoms with van der Waals surface area (Å²) in [5.74, 6) is 0.473. The number of aromatic nitrogens is 3. The minimum Gasteiger partial charge on any atom is -0.618 e. The lowest BCUT2D eigenvalue weighted by molar-refractivity contribution is -0.576. The quantitative estimate of drug-likeness (QED) is 0.304. The van der Waals surface area contributed by atoms with Crippen molar-refractivity contribution in [1.29, 1.82) is 0 Å². The van der Waals surface area contributed by atoms with Crippen LogP contribution in [0.25, 0.3) is 32.7 Å². The van der Waals surface area contributed by atoms with Crippen molar-refractivity contribution in [3.8, 4) is 0 Å². The van der Waals surface area contributed by atoms with Gasteiger partial charge < -0.3 is 10.2 Å². The van der Waals surface area contributed by atoms with E-state index in [0.29, 0.717) is 10.9 Å². The number of nitrogens with zero attached hydrogens (tertiary/aromatic N) is 2. The largest absolute Gasteiger partial charge is 0.618 e. The molecule has 0 fully saturated rings. The topological polar surface area (TPSA) is 55.6 Å². The molecule has 0 unspecified atom stereocenters. The van der Waals surface area contributed by atoms with Crippen molar-refractivity contribution in [3.63, 3.8) is 0 Å². The van der Waals surface area contributed by atoms with Crippen molar-refractivity contribution in [3.05, 3.63) is 53.4 Å². The highest BCUT2D eigenvalue weighted by molar-refractivity contribution is 6.21. The van der Waals surface area contributed by atoms with Crippen LogP contribution in [0, 0.1) is 11.0 Å². The molecule has 0 atom stereocenters. The van der Waals surface area contributed by atoms with E-state index in [4.69, 9.17) is 4.98 Å². The van der Waals surface area contributed by atoms with Crippen molar-refractivity contribution in [1.82, 2.24) is 9.97 Å². The molecule has 116 valence electrons. The van der Waals surface area contributed by atoms with Crippen LogP contribution in [0.1, 0.15) is 26.6 Å². The van der Waals surface area contributed by atoms with Crippen molar-refractivity contribution in [2.45, 2.75) is 26.2 Å². The number of H-pyrrole nitrogens is 1. The first-order valence-electron chi connectivity index (χ1n) is 7.49. The van der Waals surface area contributed by atoms with E-state index in [2.05, 4.69) is 25.8 Å². The van der Waals surface area contributed by atoms with E-state index in [1.165, 1.54) is 18.3 Å². The Morgan fingerprint density at radius 1 is 1.13 bits per heavy atom. The van der Waals surface area contributed by atoms with Crippen LogP contribution in [0.4, 0.5) is 4.39 Å². The molecule has 4 rings (SSSR count). The molecule has 0 aliphatic rings. The number of benzene rings is 2. The summed E-state index contributed by atoms with van der Waals surface area (Å²) in [6.45, 7) is 6.22. The zero-order valence-electron chi connectivity index (χ0n) is 13.1. The van der Waals surface area contributed by atoms with Gasteiger partial charge in [-0.15, -0.1) is 0 Å². The van der Waals surface area contributed by atoms with Crippen LogP contribution in [-0.4, -0.2) is 9.97 Å². The first-order chi connectivity index (χ1) is 10.9. The number of aromatic amines is 1. The van der Waals surface area contributed by atoms with Crippen LogP contribution < -0.4 is 4.73 Å². The number of rotatable bonds is 0. The minimum absolute atomic E-state index is 0.153. The summed E-state index contributed by atoms with van der Waals surface area (Å²) in [7, 11) is 0. The highest BCUT2D eigenvalue weighted by Crippen LogP contribution is 2.34. The molecule has 5 heteroatoms. The third-order valence-electron chi connectivity index (χ3n) is 4.14. The second-order valence-corrected chi connectivity index (χ2v) is 6.85. The average molecular weight is 309 g/mol. The van der Waals surface area contributed by atoms with Crippen molar-refractivity contribution >= 4 is 32.7 Å². The lowest BCUT2D eigenvalue weighted by atomic mass is 9.96. The fourth-order valence-electron chi connectivity index (χ4n) is 2.99. The number of nitrogens with one attached hydrogen (secondary N) is 1. The Kier molecular flexibility index (Phi) is 2.67. The Morgan fingerprint density at radius 3 is 2.65 bits per heavy atom. The van der Waals surface area contributed by atoms with Crippen LogP contribution in [0.2, 0.25) is 0 Å². The van der Waals surface area contributed by atoms with Crippen LogP contribution in [0.3, 0.4) is 0 Å². The molecule has 2 aromatic carbocycles. The smallest absolute Gasteiger partial charge is 0.234 e. The van der Waals surface area contributed by atoms with Gasteiger partial charge in [0, 0.05) is 16.9 Å². The average Bonchev–Trinajstić information content (AvgIpc) is 2.92. The van der Waals surface area contributed by atoms with Gasteiger partial charge in [-0.1, -0.05) is 20.8 Å². The van der Waals surface area contributed by atoms with Gasteiger partial charge in [-0.2, -0.15) is 4.73 Å². The second kappa shape index (κ2) is 4.41. The molecule has 0 saturated heterocycles. The molecule has 0 amide bonds. The predicted octanol–water partition coefficient (Wildman–Crippen LogP) is 3.94. The van der Waals surface area contributed by atoms with Crippen LogP contribution in [-0.2, 0) is 5.41 Å². The van der Waals surface area contributed by atoms with Gasteiger partial charge in [0.1, 0.15) is 11.6 Å². The van der Waals surface area contributed by atoms with Crippen molar-refractivity contribution < 1.29 is 9.12 Å². The SMILES string of the molecule is CC(C)(C)c1nc2c3ccc(F)cc3c3c(ccc[n+]3[O-])c2[nH]1. The Balaban J connectivity index is 2.32. The molecule has 0 bridgehead atoms. The zero-order valence-corrected chi connectivity index (χ0v) is 13.1. The van der Waals surface area contributed by atoms with E-state index in [1.54, 1.807) is 12.1 Å².